The fourth-order valence-electron chi connectivity index (χ4n) is 0.596. The second-order valence-corrected chi connectivity index (χ2v) is 4.17. The highest BCUT2D eigenvalue weighted by molar-refractivity contribution is 7.85. The van der Waals surface area contributed by atoms with Crippen LogP contribution in [0.25, 0.3) is 0 Å². The minimum Gasteiger partial charge on any atom is -0.481 e. The van der Waals surface area contributed by atoms with E-state index in [0.717, 1.165) is 0 Å². The predicted molar refractivity (Wildman–Crippen MR) is 48.8 cm³/mol. The van der Waals surface area contributed by atoms with Gasteiger partial charge in [-0.15, -0.1) is 0 Å². The zero-order valence-electron chi connectivity index (χ0n) is 7.67. The van der Waals surface area contributed by atoms with Crippen LogP contribution in [0.1, 0.15) is 6.42 Å². The van der Waals surface area contributed by atoms with Gasteiger partial charge in [-0.2, -0.15) is 8.42 Å². The molecule has 7 nitrogen and oxygen atoms in total. The summed E-state index contributed by atoms with van der Waals surface area (Å²) < 4.78 is 33.0. The quantitative estimate of drug-likeness (QED) is 0.362. The van der Waals surface area contributed by atoms with Gasteiger partial charge in [-0.1, -0.05) is 6.58 Å². The molecule has 0 aromatic rings. The number of rotatable bonds is 6. The van der Waals surface area contributed by atoms with Crippen LogP contribution in [0.4, 0.5) is 0 Å². The maximum absolute atomic E-state index is 10.9. The molecule has 0 aliphatic rings. The number of carbonyl (C=O) groups excluding carboxylic acids is 1. The summed E-state index contributed by atoms with van der Waals surface area (Å²) in [5, 5.41) is 8.28. The Morgan fingerprint density at radius 2 is 1.87 bits per heavy atom. The molecule has 0 aromatic heterocycles. The molecular weight excluding hydrogens is 228 g/mol. The van der Waals surface area contributed by atoms with Gasteiger partial charge in [-0.05, 0) is 0 Å². The van der Waals surface area contributed by atoms with E-state index in [0.29, 0.717) is 0 Å². The van der Waals surface area contributed by atoms with E-state index in [1.807, 2.05) is 0 Å². The highest BCUT2D eigenvalue weighted by Crippen LogP contribution is 2.01. The summed E-state index contributed by atoms with van der Waals surface area (Å²) in [4.78, 5) is 21.0. The Bertz CT molecular complexity index is 367. The van der Waals surface area contributed by atoms with Crippen molar-refractivity contribution in [3.8, 4) is 0 Å². The van der Waals surface area contributed by atoms with Gasteiger partial charge in [-0.3, -0.25) is 9.35 Å². The van der Waals surface area contributed by atoms with Gasteiger partial charge in [0.05, 0.1) is 6.42 Å². The Balaban J connectivity index is 3.95. The Hall–Kier alpha value is -1.41. The van der Waals surface area contributed by atoms with Gasteiger partial charge in [0.25, 0.3) is 10.1 Å². The zero-order valence-corrected chi connectivity index (χ0v) is 8.49. The molecule has 0 aliphatic carbocycles. The van der Waals surface area contributed by atoms with E-state index in [1.54, 1.807) is 0 Å². The molecule has 0 bridgehead atoms. The Morgan fingerprint density at radius 3 is 2.27 bits per heavy atom. The van der Waals surface area contributed by atoms with Crippen molar-refractivity contribution in [1.82, 2.24) is 0 Å². The molecule has 0 radical (unpaired) electrons. The maximum Gasteiger partial charge on any atom is 0.334 e. The highest BCUT2D eigenvalue weighted by Gasteiger charge is 2.13. The zero-order chi connectivity index (χ0) is 12.1. The van der Waals surface area contributed by atoms with E-state index in [9.17, 15) is 18.0 Å². The summed E-state index contributed by atoms with van der Waals surface area (Å²) in [6.45, 7) is 2.60. The lowest BCUT2D eigenvalue weighted by atomic mass is 10.2. The predicted octanol–water partition coefficient (Wildman–Crippen LogP) is -0.552. The number of aliphatic carboxylic acids is 1. The van der Waals surface area contributed by atoms with Crippen molar-refractivity contribution < 1.29 is 32.4 Å². The normalized spacial score (nSPS) is 10.7. The standard InChI is InChI=1S/C7H10O7S/c1-5(4-6(8)9)7(10)14-2-3-15(11,12)13/h1-4H2,(H,8,9)(H,11,12,13). The number of carbonyl (C=O) groups is 2. The number of hydrogen-bond donors (Lipinski definition) is 2. The van der Waals surface area contributed by atoms with E-state index >= 15 is 0 Å². The van der Waals surface area contributed by atoms with E-state index in [2.05, 4.69) is 11.3 Å². The molecule has 0 amide bonds. The van der Waals surface area contributed by atoms with Crippen molar-refractivity contribution in [3.63, 3.8) is 0 Å². The van der Waals surface area contributed by atoms with Crippen molar-refractivity contribution in [2.45, 2.75) is 6.42 Å². The monoisotopic (exact) mass is 238 g/mol. The molecule has 86 valence electrons. The van der Waals surface area contributed by atoms with Crippen LogP contribution in [0.15, 0.2) is 12.2 Å². The first-order chi connectivity index (χ1) is 6.72. The first kappa shape index (κ1) is 13.6. The van der Waals surface area contributed by atoms with Crippen LogP contribution >= 0.6 is 0 Å². The van der Waals surface area contributed by atoms with Crippen molar-refractivity contribution in [3.05, 3.63) is 12.2 Å². The molecule has 8 heteroatoms. The first-order valence-corrected chi connectivity index (χ1v) is 5.35. The summed E-state index contributed by atoms with van der Waals surface area (Å²) in [7, 11) is -4.19. The van der Waals surface area contributed by atoms with Crippen LogP contribution in [0.2, 0.25) is 0 Å². The average Bonchev–Trinajstić information content (AvgIpc) is 2.00. The van der Waals surface area contributed by atoms with Crippen molar-refractivity contribution in [2.75, 3.05) is 12.4 Å². The van der Waals surface area contributed by atoms with Crippen molar-refractivity contribution in [1.29, 1.82) is 0 Å². The molecular formula is C7H10O7S. The van der Waals surface area contributed by atoms with E-state index in [1.165, 1.54) is 0 Å². The van der Waals surface area contributed by atoms with Crippen LogP contribution in [0.3, 0.4) is 0 Å². The minimum absolute atomic E-state index is 0.294. The summed E-state index contributed by atoms with van der Waals surface area (Å²) in [5.41, 5.74) is -0.294. The van der Waals surface area contributed by atoms with Crippen LogP contribution in [-0.4, -0.2) is 42.4 Å². The molecule has 0 atom stereocenters. The first-order valence-electron chi connectivity index (χ1n) is 3.74. The number of hydrogen-bond acceptors (Lipinski definition) is 5. The summed E-state index contributed by atoms with van der Waals surface area (Å²) in [6.07, 6.45) is -0.579. The van der Waals surface area contributed by atoms with Crippen LogP contribution < -0.4 is 0 Å². The fraction of sp³-hybridized carbons (Fsp3) is 0.429. The summed E-state index contributed by atoms with van der Waals surface area (Å²) >= 11 is 0. The topological polar surface area (TPSA) is 118 Å². The Morgan fingerprint density at radius 1 is 1.33 bits per heavy atom. The lowest BCUT2D eigenvalue weighted by Crippen LogP contribution is -2.16. The van der Waals surface area contributed by atoms with E-state index < -0.39 is 40.8 Å². The molecule has 0 aliphatic heterocycles. The molecule has 0 heterocycles. The number of carboxylic acid groups (broad SMARTS) is 1. The van der Waals surface area contributed by atoms with Gasteiger partial charge in [0.2, 0.25) is 0 Å². The van der Waals surface area contributed by atoms with Gasteiger partial charge in [0.15, 0.2) is 0 Å². The largest absolute Gasteiger partial charge is 0.481 e. The van der Waals surface area contributed by atoms with E-state index in [4.69, 9.17) is 9.66 Å². The minimum atomic E-state index is -4.19. The third-order valence-electron chi connectivity index (χ3n) is 1.23. The number of carboxylic acids is 1. The maximum atomic E-state index is 10.9. The average molecular weight is 238 g/mol. The van der Waals surface area contributed by atoms with Crippen LogP contribution in [0, 0.1) is 0 Å². The molecule has 0 fully saturated rings. The van der Waals surface area contributed by atoms with Gasteiger partial charge in [0, 0.05) is 5.57 Å². The molecule has 0 rings (SSSR count). The molecule has 2 N–H and O–H groups in total. The van der Waals surface area contributed by atoms with E-state index in [-0.39, 0.29) is 5.57 Å². The van der Waals surface area contributed by atoms with Crippen molar-refractivity contribution in [2.24, 2.45) is 0 Å². The smallest absolute Gasteiger partial charge is 0.334 e. The second kappa shape index (κ2) is 5.47. The summed E-state index contributed by atoms with van der Waals surface area (Å²) in [5.74, 6) is -2.98. The lowest BCUT2D eigenvalue weighted by molar-refractivity contribution is -0.142. The second-order valence-electron chi connectivity index (χ2n) is 2.60. The Labute approximate surface area is 86.1 Å². The summed E-state index contributed by atoms with van der Waals surface area (Å²) in [6, 6.07) is 0. The third kappa shape index (κ3) is 7.65. The van der Waals surface area contributed by atoms with Gasteiger partial charge < -0.3 is 9.84 Å². The SMILES string of the molecule is C=C(CC(=O)O)C(=O)OCCS(=O)(=O)O. The highest BCUT2D eigenvalue weighted by atomic mass is 32.2. The van der Waals surface area contributed by atoms with Gasteiger partial charge >= 0.3 is 11.9 Å². The third-order valence-corrected chi connectivity index (χ3v) is 1.91. The molecule has 0 saturated heterocycles. The number of esters is 1. The molecule has 0 unspecified atom stereocenters. The molecule has 0 aromatic carbocycles. The number of ether oxygens (including phenoxy) is 1. The van der Waals surface area contributed by atoms with Crippen LogP contribution in [-0.2, 0) is 24.4 Å². The molecule has 15 heavy (non-hydrogen) atoms. The van der Waals surface area contributed by atoms with Gasteiger partial charge in [0.1, 0.15) is 12.4 Å². The van der Waals surface area contributed by atoms with Gasteiger partial charge in [-0.25, -0.2) is 4.79 Å². The fourth-order valence-corrected chi connectivity index (χ4v) is 0.890. The molecule has 0 spiro atoms. The van der Waals surface area contributed by atoms with Crippen molar-refractivity contribution >= 4 is 22.1 Å². The van der Waals surface area contributed by atoms with Crippen LogP contribution in [0.5, 0.6) is 0 Å². The molecule has 0 saturated carbocycles. The Kier molecular flexibility index (Phi) is 4.95. The lowest BCUT2D eigenvalue weighted by Gasteiger charge is -2.03.